The van der Waals surface area contributed by atoms with Gasteiger partial charge in [0.25, 0.3) is 0 Å². The zero-order valence-corrected chi connectivity index (χ0v) is 8.95. The summed E-state index contributed by atoms with van der Waals surface area (Å²) in [5.74, 6) is -1.05. The van der Waals surface area contributed by atoms with E-state index in [2.05, 4.69) is 13.8 Å². The number of rotatable bonds is 6. The third kappa shape index (κ3) is 5.56. The summed E-state index contributed by atoms with van der Waals surface area (Å²) in [6, 6.07) is 0. The molecule has 0 radical (unpaired) electrons. The Morgan fingerprint density at radius 3 is 2.29 bits per heavy atom. The maximum atomic E-state index is 10.9. The van der Waals surface area contributed by atoms with Gasteiger partial charge in [-0.15, -0.1) is 0 Å². The molecular weight excluding hydrogens is 184 g/mol. The molecule has 0 aromatic carbocycles. The molecule has 1 atom stereocenters. The smallest absolute Gasteiger partial charge is 0.317 e. The molecular formula is C10H18O4. The molecule has 1 unspecified atom stereocenters. The summed E-state index contributed by atoms with van der Waals surface area (Å²) < 4.78 is 4.85. The van der Waals surface area contributed by atoms with Crippen LogP contribution >= 0.6 is 0 Å². The molecule has 0 aromatic heterocycles. The van der Waals surface area contributed by atoms with Crippen LogP contribution in [-0.2, 0) is 14.3 Å². The van der Waals surface area contributed by atoms with Gasteiger partial charge in [-0.1, -0.05) is 20.8 Å². The van der Waals surface area contributed by atoms with Gasteiger partial charge in [-0.05, 0) is 18.3 Å². The Labute approximate surface area is 84.3 Å². The van der Waals surface area contributed by atoms with E-state index in [1.807, 2.05) is 6.92 Å². The number of ether oxygens (including phenoxy) is 1. The maximum Gasteiger partial charge on any atom is 0.317 e. The Hall–Kier alpha value is -1.06. The van der Waals surface area contributed by atoms with Gasteiger partial charge in [-0.25, -0.2) is 0 Å². The molecule has 1 N–H and O–H groups in total. The van der Waals surface area contributed by atoms with Gasteiger partial charge in [0, 0.05) is 0 Å². The lowest BCUT2D eigenvalue weighted by atomic mass is 9.94. The average Bonchev–Trinajstić information content (AvgIpc) is 2.03. The molecule has 0 rings (SSSR count). The zero-order valence-electron chi connectivity index (χ0n) is 8.95. The molecule has 82 valence electrons. The molecule has 0 bridgehead atoms. The number of carbonyl (C=O) groups is 2. The Bertz CT molecular complexity index is 198. The summed E-state index contributed by atoms with van der Waals surface area (Å²) in [5, 5.41) is 8.31. The number of hydrogen-bond donors (Lipinski definition) is 1. The second-order valence-electron chi connectivity index (χ2n) is 3.67. The quantitative estimate of drug-likeness (QED) is 0.526. The van der Waals surface area contributed by atoms with Crippen LogP contribution < -0.4 is 0 Å². The van der Waals surface area contributed by atoms with Gasteiger partial charge in [0.1, 0.15) is 6.42 Å². The van der Waals surface area contributed by atoms with Gasteiger partial charge in [-0.3, -0.25) is 9.59 Å². The van der Waals surface area contributed by atoms with Crippen molar-refractivity contribution in [3.63, 3.8) is 0 Å². The van der Waals surface area contributed by atoms with E-state index in [1.54, 1.807) is 0 Å². The first-order valence-electron chi connectivity index (χ1n) is 4.84. The van der Waals surface area contributed by atoms with E-state index in [0.717, 1.165) is 6.42 Å². The van der Waals surface area contributed by atoms with Crippen LogP contribution in [0.2, 0.25) is 0 Å². The van der Waals surface area contributed by atoms with Crippen LogP contribution in [0.1, 0.15) is 33.6 Å². The lowest BCUT2D eigenvalue weighted by molar-refractivity contribution is -0.152. The summed E-state index contributed by atoms with van der Waals surface area (Å²) in [6.45, 7) is 6.45. The second-order valence-corrected chi connectivity index (χ2v) is 3.67. The zero-order chi connectivity index (χ0) is 11.1. The molecule has 0 spiro atoms. The molecule has 0 aliphatic heterocycles. The standard InChI is InChI=1S/C10H18O4/c1-4-8(7(2)3)6-14-10(13)5-9(11)12/h7-8H,4-6H2,1-3H3,(H,11,12). The number of hydrogen-bond acceptors (Lipinski definition) is 3. The second kappa shape index (κ2) is 6.40. The monoisotopic (exact) mass is 202 g/mol. The summed E-state index contributed by atoms with van der Waals surface area (Å²) in [4.78, 5) is 21.1. The van der Waals surface area contributed by atoms with E-state index in [4.69, 9.17) is 9.84 Å². The minimum absolute atomic E-state index is 0.313. The molecule has 0 amide bonds. The van der Waals surface area contributed by atoms with E-state index >= 15 is 0 Å². The topological polar surface area (TPSA) is 63.6 Å². The highest BCUT2D eigenvalue weighted by Crippen LogP contribution is 2.15. The molecule has 0 aliphatic carbocycles. The molecule has 0 aromatic rings. The van der Waals surface area contributed by atoms with Gasteiger partial charge < -0.3 is 9.84 Å². The summed E-state index contributed by atoms with van der Waals surface area (Å²) >= 11 is 0. The van der Waals surface area contributed by atoms with E-state index < -0.39 is 18.4 Å². The van der Waals surface area contributed by atoms with Crippen LogP contribution in [0.4, 0.5) is 0 Å². The molecule has 0 heterocycles. The summed E-state index contributed by atoms with van der Waals surface area (Å²) in [6.07, 6.45) is 0.381. The predicted octanol–water partition coefficient (Wildman–Crippen LogP) is 1.69. The molecule has 0 saturated heterocycles. The van der Waals surface area contributed by atoms with Crippen molar-refractivity contribution in [2.45, 2.75) is 33.6 Å². The fraction of sp³-hybridized carbons (Fsp3) is 0.800. The normalized spacial score (nSPS) is 12.6. The fourth-order valence-electron chi connectivity index (χ4n) is 1.16. The summed E-state index contributed by atoms with van der Waals surface area (Å²) in [5.41, 5.74) is 0. The Balaban J connectivity index is 3.79. The van der Waals surface area contributed by atoms with Crippen molar-refractivity contribution in [3.8, 4) is 0 Å². The van der Waals surface area contributed by atoms with Crippen molar-refractivity contribution in [1.29, 1.82) is 0 Å². The Morgan fingerprint density at radius 1 is 1.36 bits per heavy atom. The first-order chi connectivity index (χ1) is 6.47. The van der Waals surface area contributed by atoms with Crippen LogP contribution in [0.15, 0.2) is 0 Å². The average molecular weight is 202 g/mol. The molecule has 0 fully saturated rings. The van der Waals surface area contributed by atoms with Crippen molar-refractivity contribution < 1.29 is 19.4 Å². The van der Waals surface area contributed by atoms with Crippen molar-refractivity contribution in [3.05, 3.63) is 0 Å². The highest BCUT2D eigenvalue weighted by Gasteiger charge is 2.15. The first-order valence-corrected chi connectivity index (χ1v) is 4.84. The first kappa shape index (κ1) is 12.9. The number of carboxylic acid groups (broad SMARTS) is 1. The maximum absolute atomic E-state index is 10.9. The van der Waals surface area contributed by atoms with Gasteiger partial charge in [-0.2, -0.15) is 0 Å². The van der Waals surface area contributed by atoms with Crippen LogP contribution in [0.3, 0.4) is 0 Å². The Kier molecular flexibility index (Phi) is 5.92. The van der Waals surface area contributed by atoms with E-state index in [1.165, 1.54) is 0 Å². The van der Waals surface area contributed by atoms with Crippen molar-refractivity contribution in [2.75, 3.05) is 6.61 Å². The highest BCUT2D eigenvalue weighted by atomic mass is 16.5. The number of aliphatic carboxylic acids is 1. The lowest BCUT2D eigenvalue weighted by Gasteiger charge is -2.18. The van der Waals surface area contributed by atoms with Gasteiger partial charge >= 0.3 is 11.9 Å². The van der Waals surface area contributed by atoms with Crippen molar-refractivity contribution in [1.82, 2.24) is 0 Å². The Morgan fingerprint density at radius 2 is 1.93 bits per heavy atom. The lowest BCUT2D eigenvalue weighted by Crippen LogP contribution is -2.19. The van der Waals surface area contributed by atoms with Gasteiger partial charge in [0.05, 0.1) is 6.61 Å². The van der Waals surface area contributed by atoms with E-state index in [9.17, 15) is 9.59 Å². The molecule has 14 heavy (non-hydrogen) atoms. The van der Waals surface area contributed by atoms with Crippen LogP contribution in [0.5, 0.6) is 0 Å². The minimum atomic E-state index is -1.15. The molecule has 4 heteroatoms. The third-order valence-corrected chi connectivity index (χ3v) is 2.22. The number of carboxylic acids is 1. The van der Waals surface area contributed by atoms with Crippen molar-refractivity contribution >= 4 is 11.9 Å². The fourth-order valence-corrected chi connectivity index (χ4v) is 1.16. The number of esters is 1. The molecule has 4 nitrogen and oxygen atoms in total. The molecule has 0 aliphatic rings. The third-order valence-electron chi connectivity index (χ3n) is 2.22. The predicted molar refractivity (Wildman–Crippen MR) is 51.8 cm³/mol. The van der Waals surface area contributed by atoms with Gasteiger partial charge in [0.2, 0.25) is 0 Å². The molecule has 0 saturated carbocycles. The van der Waals surface area contributed by atoms with Gasteiger partial charge in [0.15, 0.2) is 0 Å². The van der Waals surface area contributed by atoms with Crippen LogP contribution in [0, 0.1) is 11.8 Å². The van der Waals surface area contributed by atoms with Crippen LogP contribution in [-0.4, -0.2) is 23.7 Å². The number of carbonyl (C=O) groups excluding carboxylic acids is 1. The largest absolute Gasteiger partial charge is 0.481 e. The van der Waals surface area contributed by atoms with Crippen molar-refractivity contribution in [2.24, 2.45) is 11.8 Å². The van der Waals surface area contributed by atoms with Crippen LogP contribution in [0.25, 0.3) is 0 Å². The van der Waals surface area contributed by atoms with E-state index in [-0.39, 0.29) is 0 Å². The highest BCUT2D eigenvalue weighted by molar-refractivity contribution is 5.90. The SMILES string of the molecule is CCC(COC(=O)CC(=O)O)C(C)C. The van der Waals surface area contributed by atoms with E-state index in [0.29, 0.717) is 18.4 Å². The minimum Gasteiger partial charge on any atom is -0.481 e. The summed E-state index contributed by atoms with van der Waals surface area (Å²) in [7, 11) is 0.